The van der Waals surface area contributed by atoms with E-state index in [-0.39, 0.29) is 0 Å². The average Bonchev–Trinajstić information content (AvgIpc) is 3.18. The largest absolute Gasteiger partial charge is 0.356 e. The molecule has 0 radical (unpaired) electrons. The Kier molecular flexibility index (Phi) is 6.96. The molecule has 0 fully saturated rings. The van der Waals surface area contributed by atoms with Crippen molar-refractivity contribution in [3.8, 4) is 0 Å². The van der Waals surface area contributed by atoms with Crippen LogP contribution in [0.1, 0.15) is 25.1 Å². The van der Waals surface area contributed by atoms with E-state index in [4.69, 9.17) is 0 Å². The predicted octanol–water partition coefficient (Wildman–Crippen LogP) is 2.73. The van der Waals surface area contributed by atoms with Crippen LogP contribution in [0.2, 0.25) is 0 Å². The molecule has 120 valence electrons. The number of hydrogen-bond acceptors (Lipinski definition) is 3. The Morgan fingerprint density at radius 1 is 1.41 bits per heavy atom. The molecule has 2 aromatic heterocycles. The van der Waals surface area contributed by atoms with Crippen LogP contribution in [0.4, 0.5) is 0 Å². The van der Waals surface area contributed by atoms with E-state index < -0.39 is 0 Å². The van der Waals surface area contributed by atoms with Crippen molar-refractivity contribution in [2.75, 3.05) is 13.1 Å². The Morgan fingerprint density at radius 3 is 3.00 bits per heavy atom. The second-order valence-electron chi connectivity index (χ2n) is 5.60. The van der Waals surface area contributed by atoms with E-state index in [2.05, 4.69) is 56.5 Å². The molecule has 0 aliphatic rings. The van der Waals surface area contributed by atoms with E-state index in [1.54, 1.807) is 11.3 Å². The molecule has 22 heavy (non-hydrogen) atoms. The van der Waals surface area contributed by atoms with Crippen LogP contribution in [-0.4, -0.2) is 28.6 Å². The maximum atomic E-state index is 4.66. The lowest BCUT2D eigenvalue weighted by Gasteiger charge is -2.14. The first-order valence-corrected chi connectivity index (χ1v) is 8.62. The molecule has 6 heteroatoms. The first kappa shape index (κ1) is 16.5. The monoisotopic (exact) mass is 319 g/mol. The van der Waals surface area contributed by atoms with Crippen LogP contribution in [0.15, 0.2) is 41.2 Å². The van der Waals surface area contributed by atoms with Gasteiger partial charge in [-0.25, -0.2) is 9.98 Å². The van der Waals surface area contributed by atoms with Crippen molar-refractivity contribution in [3.63, 3.8) is 0 Å². The lowest BCUT2D eigenvalue weighted by atomic mass is 10.2. The Hall–Kier alpha value is -1.82. The molecule has 0 aliphatic carbocycles. The number of hydrogen-bond donors (Lipinski definition) is 2. The van der Waals surface area contributed by atoms with Crippen LogP contribution in [0.25, 0.3) is 0 Å². The van der Waals surface area contributed by atoms with Crippen molar-refractivity contribution in [2.45, 2.75) is 33.4 Å². The highest BCUT2D eigenvalue weighted by atomic mass is 32.1. The fourth-order valence-electron chi connectivity index (χ4n) is 1.92. The summed E-state index contributed by atoms with van der Waals surface area (Å²) >= 11 is 1.74. The minimum absolute atomic E-state index is 0.597. The molecule has 0 bridgehead atoms. The van der Waals surface area contributed by atoms with Gasteiger partial charge in [-0.15, -0.1) is 11.3 Å². The molecule has 0 unspecified atom stereocenters. The molecule has 0 spiro atoms. The van der Waals surface area contributed by atoms with Gasteiger partial charge in [-0.05, 0) is 23.8 Å². The van der Waals surface area contributed by atoms with Gasteiger partial charge in [0.1, 0.15) is 0 Å². The van der Waals surface area contributed by atoms with Crippen LogP contribution >= 0.6 is 11.3 Å². The van der Waals surface area contributed by atoms with Crippen LogP contribution in [0.5, 0.6) is 0 Å². The number of aromatic nitrogens is 2. The zero-order valence-corrected chi connectivity index (χ0v) is 14.1. The van der Waals surface area contributed by atoms with Crippen molar-refractivity contribution in [1.29, 1.82) is 0 Å². The topological polar surface area (TPSA) is 54.2 Å². The molecule has 0 aliphatic heterocycles. The molecule has 0 atom stereocenters. The number of aryl methyl sites for hydroxylation is 1. The Labute approximate surface area is 136 Å². The summed E-state index contributed by atoms with van der Waals surface area (Å²) in [6.45, 7) is 7.91. The lowest BCUT2D eigenvalue weighted by Crippen LogP contribution is -2.39. The van der Waals surface area contributed by atoms with E-state index in [0.29, 0.717) is 5.92 Å². The van der Waals surface area contributed by atoms with Crippen molar-refractivity contribution < 1.29 is 0 Å². The summed E-state index contributed by atoms with van der Waals surface area (Å²) in [5, 5.41) is 8.90. The van der Waals surface area contributed by atoms with E-state index in [0.717, 1.165) is 38.6 Å². The van der Waals surface area contributed by atoms with Gasteiger partial charge in [0.25, 0.3) is 0 Å². The number of imidazole rings is 1. The van der Waals surface area contributed by atoms with E-state index >= 15 is 0 Å². The second-order valence-corrected chi connectivity index (χ2v) is 6.63. The minimum Gasteiger partial charge on any atom is -0.356 e. The van der Waals surface area contributed by atoms with Crippen LogP contribution < -0.4 is 10.6 Å². The number of guanidine groups is 1. The Morgan fingerprint density at radius 2 is 2.32 bits per heavy atom. The quantitative estimate of drug-likeness (QED) is 0.447. The molecule has 2 N–H and O–H groups in total. The molecule has 2 heterocycles. The van der Waals surface area contributed by atoms with Gasteiger partial charge < -0.3 is 15.2 Å². The summed E-state index contributed by atoms with van der Waals surface area (Å²) < 4.78 is 2.09. The van der Waals surface area contributed by atoms with Crippen molar-refractivity contribution in [3.05, 3.63) is 41.1 Å². The summed E-state index contributed by atoms with van der Waals surface area (Å²) in [5.74, 6) is 1.49. The summed E-state index contributed by atoms with van der Waals surface area (Å²) in [7, 11) is 0. The molecule has 0 saturated heterocycles. The third kappa shape index (κ3) is 6.30. The fourth-order valence-corrected chi connectivity index (χ4v) is 2.55. The summed E-state index contributed by atoms with van der Waals surface area (Å²) in [6, 6.07) is 4.18. The number of rotatable bonds is 8. The molecule has 2 rings (SSSR count). The third-order valence-corrected chi connectivity index (χ3v) is 3.96. The SMILES string of the molecule is CC(C)CNC(=NCc1cccs1)NCCCn1ccnc1. The molecule has 0 saturated carbocycles. The second kappa shape index (κ2) is 9.25. The van der Waals surface area contributed by atoms with Gasteiger partial charge in [0.15, 0.2) is 5.96 Å². The first-order chi connectivity index (χ1) is 10.7. The molecular weight excluding hydrogens is 294 g/mol. The molecule has 2 aromatic rings. The lowest BCUT2D eigenvalue weighted by molar-refractivity contribution is 0.598. The number of aliphatic imine (C=N–C) groups is 1. The van der Waals surface area contributed by atoms with Crippen LogP contribution in [0.3, 0.4) is 0 Å². The zero-order valence-electron chi connectivity index (χ0n) is 13.3. The smallest absolute Gasteiger partial charge is 0.191 e. The summed E-state index contributed by atoms with van der Waals surface area (Å²) in [5.41, 5.74) is 0. The maximum Gasteiger partial charge on any atom is 0.191 e. The maximum absolute atomic E-state index is 4.66. The normalized spacial score (nSPS) is 11.9. The van der Waals surface area contributed by atoms with E-state index in [1.807, 2.05) is 18.7 Å². The average molecular weight is 319 g/mol. The van der Waals surface area contributed by atoms with Gasteiger partial charge in [-0.1, -0.05) is 19.9 Å². The van der Waals surface area contributed by atoms with Gasteiger partial charge in [-0.2, -0.15) is 0 Å². The van der Waals surface area contributed by atoms with Gasteiger partial charge in [0.2, 0.25) is 0 Å². The Bertz CT molecular complexity index is 531. The number of thiophene rings is 1. The fraction of sp³-hybridized carbons (Fsp3) is 0.500. The molecular formula is C16H25N5S. The Balaban J connectivity index is 1.77. The molecule has 5 nitrogen and oxygen atoms in total. The van der Waals surface area contributed by atoms with Crippen molar-refractivity contribution in [2.24, 2.45) is 10.9 Å². The van der Waals surface area contributed by atoms with Crippen LogP contribution in [0, 0.1) is 5.92 Å². The highest BCUT2D eigenvalue weighted by Gasteiger charge is 2.01. The van der Waals surface area contributed by atoms with Crippen molar-refractivity contribution in [1.82, 2.24) is 20.2 Å². The number of nitrogens with one attached hydrogen (secondary N) is 2. The standard InChI is InChI=1S/C16H25N5S/c1-14(2)11-19-16(20-12-15-5-3-10-22-15)18-6-4-8-21-9-7-17-13-21/h3,5,7,9-10,13-14H,4,6,8,11-12H2,1-2H3,(H2,18,19,20). The highest BCUT2D eigenvalue weighted by molar-refractivity contribution is 7.09. The van der Waals surface area contributed by atoms with Crippen LogP contribution in [-0.2, 0) is 13.1 Å². The summed E-state index contributed by atoms with van der Waals surface area (Å²) in [6.07, 6.45) is 6.69. The molecule has 0 aromatic carbocycles. The van der Waals surface area contributed by atoms with E-state index in [9.17, 15) is 0 Å². The van der Waals surface area contributed by atoms with Gasteiger partial charge in [0, 0.05) is 36.9 Å². The van der Waals surface area contributed by atoms with E-state index in [1.165, 1.54) is 4.88 Å². The number of nitrogens with zero attached hydrogens (tertiary/aromatic N) is 3. The first-order valence-electron chi connectivity index (χ1n) is 7.74. The predicted molar refractivity (Wildman–Crippen MR) is 93.1 cm³/mol. The molecule has 0 amide bonds. The van der Waals surface area contributed by atoms with Gasteiger partial charge in [0.05, 0.1) is 12.9 Å². The third-order valence-electron chi connectivity index (χ3n) is 3.10. The zero-order chi connectivity index (χ0) is 15.6. The van der Waals surface area contributed by atoms with Gasteiger partial charge >= 0.3 is 0 Å². The highest BCUT2D eigenvalue weighted by Crippen LogP contribution is 2.09. The summed E-state index contributed by atoms with van der Waals surface area (Å²) in [4.78, 5) is 9.99. The van der Waals surface area contributed by atoms with Gasteiger partial charge in [-0.3, -0.25) is 0 Å². The van der Waals surface area contributed by atoms with Crippen molar-refractivity contribution >= 4 is 17.3 Å². The minimum atomic E-state index is 0.597.